The van der Waals surface area contributed by atoms with Crippen molar-refractivity contribution in [1.29, 1.82) is 0 Å². The summed E-state index contributed by atoms with van der Waals surface area (Å²) in [6, 6.07) is 6.10. The number of carbonyl (C=O) groups excluding carboxylic acids is 1. The molecule has 0 unspecified atom stereocenters. The second-order valence-electron chi connectivity index (χ2n) is 6.52. The summed E-state index contributed by atoms with van der Waals surface area (Å²) in [7, 11) is 0. The van der Waals surface area contributed by atoms with Gasteiger partial charge >= 0.3 is 5.97 Å². The number of anilines is 1. The fourth-order valence-corrected chi connectivity index (χ4v) is 3.79. The van der Waals surface area contributed by atoms with Crippen molar-refractivity contribution in [2.75, 3.05) is 5.32 Å². The Kier molecular flexibility index (Phi) is 4.46. The van der Waals surface area contributed by atoms with Crippen molar-refractivity contribution in [2.45, 2.75) is 51.4 Å². The highest BCUT2D eigenvalue weighted by molar-refractivity contribution is 5.95. The largest absolute Gasteiger partial charge is 0.481 e. The summed E-state index contributed by atoms with van der Waals surface area (Å²) in [6.07, 6.45) is 7.75. The molecule has 0 radical (unpaired) electrons. The Labute approximate surface area is 130 Å². The van der Waals surface area contributed by atoms with E-state index in [-0.39, 0.29) is 5.91 Å². The van der Waals surface area contributed by atoms with Crippen molar-refractivity contribution < 1.29 is 14.7 Å². The van der Waals surface area contributed by atoms with E-state index in [9.17, 15) is 14.7 Å². The molecule has 1 aromatic carbocycles. The van der Waals surface area contributed by atoms with Gasteiger partial charge in [-0.25, -0.2) is 0 Å². The van der Waals surface area contributed by atoms with Crippen molar-refractivity contribution >= 4 is 17.6 Å². The van der Waals surface area contributed by atoms with Gasteiger partial charge in [0.25, 0.3) is 0 Å². The summed E-state index contributed by atoms with van der Waals surface area (Å²) >= 11 is 0. The topological polar surface area (TPSA) is 66.4 Å². The van der Waals surface area contributed by atoms with E-state index in [2.05, 4.69) is 17.4 Å². The van der Waals surface area contributed by atoms with Crippen molar-refractivity contribution in [2.24, 2.45) is 11.8 Å². The van der Waals surface area contributed by atoms with Crippen LogP contribution in [-0.4, -0.2) is 17.0 Å². The van der Waals surface area contributed by atoms with E-state index in [1.807, 2.05) is 6.07 Å². The van der Waals surface area contributed by atoms with Crippen LogP contribution in [-0.2, 0) is 22.4 Å². The Bertz CT molecular complexity index is 582. The third-order valence-corrected chi connectivity index (χ3v) is 5.04. The number of nitrogens with one attached hydrogen (secondary N) is 1. The van der Waals surface area contributed by atoms with Gasteiger partial charge in [-0.1, -0.05) is 18.9 Å². The lowest BCUT2D eigenvalue weighted by atomic mass is 9.78. The highest BCUT2D eigenvalue weighted by Gasteiger charge is 2.35. The number of carboxylic acids is 1. The predicted octanol–water partition coefficient (Wildman–Crippen LogP) is 3.39. The van der Waals surface area contributed by atoms with E-state index in [0.29, 0.717) is 12.8 Å². The molecule has 0 bridgehead atoms. The van der Waals surface area contributed by atoms with E-state index in [1.165, 1.54) is 24.0 Å². The first-order chi connectivity index (χ1) is 10.6. The molecule has 4 heteroatoms. The Morgan fingerprint density at radius 1 is 0.955 bits per heavy atom. The van der Waals surface area contributed by atoms with Crippen LogP contribution < -0.4 is 5.32 Å². The van der Waals surface area contributed by atoms with Gasteiger partial charge in [0, 0.05) is 5.69 Å². The maximum absolute atomic E-state index is 12.5. The highest BCUT2D eigenvalue weighted by Crippen LogP contribution is 2.32. The van der Waals surface area contributed by atoms with Crippen LogP contribution in [0.4, 0.5) is 5.69 Å². The lowest BCUT2D eigenvalue weighted by molar-refractivity contribution is -0.147. The molecule has 1 amide bonds. The molecular formula is C18H23NO3. The number of rotatable bonds is 3. The number of aliphatic carboxylic acids is 1. The van der Waals surface area contributed by atoms with Crippen LogP contribution >= 0.6 is 0 Å². The average Bonchev–Trinajstić information content (AvgIpc) is 2.54. The van der Waals surface area contributed by atoms with Crippen LogP contribution in [0.3, 0.4) is 0 Å². The molecule has 0 heterocycles. The Morgan fingerprint density at radius 3 is 2.36 bits per heavy atom. The van der Waals surface area contributed by atoms with Gasteiger partial charge in [-0.15, -0.1) is 0 Å². The van der Waals surface area contributed by atoms with Crippen LogP contribution in [0.15, 0.2) is 18.2 Å². The zero-order valence-corrected chi connectivity index (χ0v) is 12.8. The van der Waals surface area contributed by atoms with Crippen molar-refractivity contribution in [1.82, 2.24) is 0 Å². The second kappa shape index (κ2) is 6.51. The van der Waals surface area contributed by atoms with E-state index < -0.39 is 17.8 Å². The molecule has 2 N–H and O–H groups in total. The van der Waals surface area contributed by atoms with Crippen LogP contribution in [0.25, 0.3) is 0 Å². The molecule has 1 fully saturated rings. The number of amides is 1. The normalized spacial score (nSPS) is 24.4. The van der Waals surface area contributed by atoms with Crippen LogP contribution in [0, 0.1) is 11.8 Å². The number of aryl methyl sites for hydroxylation is 2. The first-order valence-electron chi connectivity index (χ1n) is 8.30. The van der Waals surface area contributed by atoms with Crippen LogP contribution in [0.2, 0.25) is 0 Å². The summed E-state index contributed by atoms with van der Waals surface area (Å²) in [5, 5.41) is 12.2. The Hall–Kier alpha value is -1.84. The molecule has 2 atom stereocenters. The maximum atomic E-state index is 12.5. The van der Waals surface area contributed by atoms with Crippen molar-refractivity contribution in [3.05, 3.63) is 29.3 Å². The molecule has 0 spiro atoms. The minimum atomic E-state index is -0.842. The fraction of sp³-hybridized carbons (Fsp3) is 0.556. The average molecular weight is 301 g/mol. The molecule has 2 aliphatic carbocycles. The molecule has 1 aromatic rings. The zero-order chi connectivity index (χ0) is 15.5. The standard InChI is InChI=1S/C18H23NO3/c20-17(15-7-3-4-8-16(15)18(21)22)19-14-10-9-12-5-1-2-6-13(12)11-14/h9-11,15-16H,1-8H2,(H,19,20)(H,21,22)/t15-,16-/m0/s1. The number of hydrogen-bond acceptors (Lipinski definition) is 2. The van der Waals surface area contributed by atoms with Gasteiger partial charge in [-0.05, 0) is 61.8 Å². The molecule has 22 heavy (non-hydrogen) atoms. The minimum absolute atomic E-state index is 0.136. The van der Waals surface area contributed by atoms with E-state index in [4.69, 9.17) is 0 Å². The first-order valence-corrected chi connectivity index (χ1v) is 8.30. The first kappa shape index (κ1) is 15.1. The zero-order valence-electron chi connectivity index (χ0n) is 12.8. The number of fused-ring (bicyclic) bond motifs is 1. The van der Waals surface area contributed by atoms with E-state index in [1.54, 1.807) is 0 Å². The molecule has 1 saturated carbocycles. The summed E-state index contributed by atoms with van der Waals surface area (Å²) in [4.78, 5) is 23.8. The van der Waals surface area contributed by atoms with E-state index in [0.717, 1.165) is 31.4 Å². The smallest absolute Gasteiger partial charge is 0.307 e. The van der Waals surface area contributed by atoms with Gasteiger partial charge in [0.05, 0.1) is 11.8 Å². The summed E-state index contributed by atoms with van der Waals surface area (Å²) < 4.78 is 0. The number of carbonyl (C=O) groups is 2. The molecule has 3 rings (SSSR count). The SMILES string of the molecule is O=C(O)[C@H]1CCCC[C@@H]1C(=O)Nc1ccc2c(c1)CCCC2. The van der Waals surface area contributed by atoms with Gasteiger partial charge in [0.15, 0.2) is 0 Å². The third-order valence-electron chi connectivity index (χ3n) is 5.04. The van der Waals surface area contributed by atoms with Gasteiger partial charge in [0.1, 0.15) is 0 Å². The second-order valence-corrected chi connectivity index (χ2v) is 6.52. The number of benzene rings is 1. The summed E-state index contributed by atoms with van der Waals surface area (Å²) in [5.74, 6) is -1.91. The van der Waals surface area contributed by atoms with Crippen LogP contribution in [0.5, 0.6) is 0 Å². The van der Waals surface area contributed by atoms with Crippen molar-refractivity contribution in [3.63, 3.8) is 0 Å². The Morgan fingerprint density at radius 2 is 1.64 bits per heavy atom. The maximum Gasteiger partial charge on any atom is 0.307 e. The monoisotopic (exact) mass is 301 g/mol. The lowest BCUT2D eigenvalue weighted by Crippen LogP contribution is -2.36. The fourth-order valence-electron chi connectivity index (χ4n) is 3.79. The lowest BCUT2D eigenvalue weighted by Gasteiger charge is -2.27. The number of hydrogen-bond donors (Lipinski definition) is 2. The molecule has 0 aliphatic heterocycles. The van der Waals surface area contributed by atoms with Gasteiger partial charge in [0.2, 0.25) is 5.91 Å². The quantitative estimate of drug-likeness (QED) is 0.899. The molecule has 118 valence electrons. The Balaban J connectivity index is 1.71. The van der Waals surface area contributed by atoms with E-state index >= 15 is 0 Å². The molecule has 2 aliphatic rings. The summed E-state index contributed by atoms with van der Waals surface area (Å²) in [6.45, 7) is 0. The predicted molar refractivity (Wildman–Crippen MR) is 84.8 cm³/mol. The van der Waals surface area contributed by atoms with Gasteiger partial charge < -0.3 is 10.4 Å². The number of carboxylic acid groups (broad SMARTS) is 1. The summed E-state index contributed by atoms with van der Waals surface area (Å²) in [5.41, 5.74) is 3.51. The molecule has 4 nitrogen and oxygen atoms in total. The van der Waals surface area contributed by atoms with Crippen molar-refractivity contribution in [3.8, 4) is 0 Å². The van der Waals surface area contributed by atoms with Crippen LogP contribution in [0.1, 0.15) is 49.7 Å². The molecule has 0 saturated heterocycles. The minimum Gasteiger partial charge on any atom is -0.481 e. The van der Waals surface area contributed by atoms with Gasteiger partial charge in [-0.3, -0.25) is 9.59 Å². The highest BCUT2D eigenvalue weighted by atomic mass is 16.4. The molecule has 0 aromatic heterocycles. The third kappa shape index (κ3) is 3.16. The molecular weight excluding hydrogens is 278 g/mol. The van der Waals surface area contributed by atoms with Gasteiger partial charge in [-0.2, -0.15) is 0 Å².